The number of likely N-dealkylation sites (N-methyl/N-ethyl adjacent to an activating group) is 1. The minimum absolute atomic E-state index is 0.0649. The average molecular weight is 872 g/mol. The lowest BCUT2D eigenvalue weighted by atomic mass is 10.0. The second-order valence-corrected chi connectivity index (χ2v) is 20.7. The number of amides is 1. The lowest BCUT2D eigenvalue weighted by molar-refractivity contribution is -0.870. The molecule has 0 saturated heterocycles. The Bertz CT molecular complexity index is 989. The number of allylic oxidation sites excluding steroid dienone is 1. The minimum Gasteiger partial charge on any atom is -0.387 e. The van der Waals surface area contributed by atoms with E-state index in [0.29, 0.717) is 17.4 Å². The zero-order valence-electron chi connectivity index (χ0n) is 40.7. The van der Waals surface area contributed by atoms with Crippen molar-refractivity contribution in [3.05, 3.63) is 12.2 Å². The number of carbonyl (C=O) groups is 1. The number of unbranched alkanes of at least 4 members (excludes halogenated alkanes) is 35. The average Bonchev–Trinajstić information content (AvgIpc) is 3.20. The van der Waals surface area contributed by atoms with E-state index in [1.54, 1.807) is 6.08 Å². The van der Waals surface area contributed by atoms with E-state index in [-0.39, 0.29) is 19.1 Å². The fourth-order valence-electron chi connectivity index (χ4n) is 7.87. The smallest absolute Gasteiger partial charge is 0.387 e. The molecule has 0 aliphatic carbocycles. The van der Waals surface area contributed by atoms with E-state index in [2.05, 4.69) is 19.2 Å². The topological polar surface area (TPSA) is 105 Å². The van der Waals surface area contributed by atoms with E-state index < -0.39 is 20.0 Å². The molecule has 0 aromatic heterocycles. The van der Waals surface area contributed by atoms with Gasteiger partial charge in [0.15, 0.2) is 0 Å². The summed E-state index contributed by atoms with van der Waals surface area (Å²) in [5, 5.41) is 13.9. The minimum atomic E-state index is -4.34. The van der Waals surface area contributed by atoms with Gasteiger partial charge in [0.05, 0.1) is 39.9 Å². The summed E-state index contributed by atoms with van der Waals surface area (Å²) in [7, 11) is 1.59. The van der Waals surface area contributed by atoms with Gasteiger partial charge < -0.3 is 19.8 Å². The van der Waals surface area contributed by atoms with Crippen LogP contribution in [0, 0.1) is 0 Å². The van der Waals surface area contributed by atoms with Crippen molar-refractivity contribution in [3.8, 4) is 0 Å². The molecule has 358 valence electrons. The first-order valence-corrected chi connectivity index (χ1v) is 27.6. The molecule has 0 radical (unpaired) electrons. The number of aliphatic hydroxyl groups excluding tert-OH is 1. The molecule has 0 spiro atoms. The summed E-state index contributed by atoms with van der Waals surface area (Å²) in [5.74, 6) is -0.173. The predicted octanol–water partition coefficient (Wildman–Crippen LogP) is 15.1. The van der Waals surface area contributed by atoms with Crippen LogP contribution in [-0.4, -0.2) is 73.4 Å². The molecule has 0 bridgehead atoms. The Kier molecular flexibility index (Phi) is 42.9. The first kappa shape index (κ1) is 59.2. The Labute approximate surface area is 373 Å². The first-order chi connectivity index (χ1) is 29.0. The van der Waals surface area contributed by atoms with Gasteiger partial charge in [0.2, 0.25) is 5.91 Å². The molecule has 0 aromatic rings. The van der Waals surface area contributed by atoms with Gasteiger partial charge >= 0.3 is 7.82 Å². The number of aliphatic hydroxyl groups is 1. The van der Waals surface area contributed by atoms with E-state index in [0.717, 1.165) is 32.1 Å². The summed E-state index contributed by atoms with van der Waals surface area (Å²) in [6, 6.07) is -0.840. The molecule has 9 heteroatoms. The Morgan fingerprint density at radius 1 is 0.550 bits per heavy atom. The number of quaternary nitrogens is 1. The molecule has 0 fully saturated rings. The molecule has 3 N–H and O–H groups in total. The normalized spacial score (nSPS) is 14.2. The zero-order valence-corrected chi connectivity index (χ0v) is 41.6. The fourth-order valence-corrected chi connectivity index (χ4v) is 8.60. The second-order valence-electron chi connectivity index (χ2n) is 19.3. The summed E-state index contributed by atoms with van der Waals surface area (Å²) >= 11 is 0. The van der Waals surface area contributed by atoms with Gasteiger partial charge in [0, 0.05) is 6.42 Å². The summed E-state index contributed by atoms with van der Waals surface area (Å²) in [6.45, 7) is 4.85. The summed E-state index contributed by atoms with van der Waals surface area (Å²) in [5.41, 5.74) is 0. The largest absolute Gasteiger partial charge is 0.472 e. The third-order valence-electron chi connectivity index (χ3n) is 12.0. The van der Waals surface area contributed by atoms with Crippen molar-refractivity contribution < 1.29 is 32.9 Å². The number of carbonyl (C=O) groups excluding carboxylic acids is 1. The van der Waals surface area contributed by atoms with Crippen LogP contribution in [0.15, 0.2) is 12.2 Å². The van der Waals surface area contributed by atoms with Gasteiger partial charge in [-0.15, -0.1) is 0 Å². The molecule has 0 rings (SSSR count). The van der Waals surface area contributed by atoms with Crippen LogP contribution >= 0.6 is 7.82 Å². The van der Waals surface area contributed by atoms with Crippen LogP contribution in [0.5, 0.6) is 0 Å². The molecular weight excluding hydrogens is 768 g/mol. The van der Waals surface area contributed by atoms with Gasteiger partial charge in [-0.25, -0.2) is 4.57 Å². The maximum absolute atomic E-state index is 12.9. The number of phosphoric ester groups is 1. The monoisotopic (exact) mass is 872 g/mol. The highest BCUT2D eigenvalue weighted by Crippen LogP contribution is 2.43. The molecule has 0 aliphatic rings. The number of hydrogen-bond donors (Lipinski definition) is 3. The Morgan fingerprint density at radius 2 is 0.883 bits per heavy atom. The lowest BCUT2D eigenvalue weighted by Crippen LogP contribution is -2.45. The quantitative estimate of drug-likeness (QED) is 0.0243. The SMILES string of the molecule is CCCCCCCCCCCCCCCCCCCCCCCC/C=C/C(O)C(COP(=O)(O)OCC[N+](C)(C)C)NC(=O)CCCCCCCCCCCCCCCC. The van der Waals surface area contributed by atoms with Crippen LogP contribution in [0.1, 0.15) is 258 Å². The molecule has 8 nitrogen and oxygen atoms in total. The molecule has 0 heterocycles. The van der Waals surface area contributed by atoms with Crippen molar-refractivity contribution in [3.63, 3.8) is 0 Å². The van der Waals surface area contributed by atoms with Gasteiger partial charge in [0.25, 0.3) is 0 Å². The number of rotatable bonds is 48. The molecule has 3 atom stereocenters. The van der Waals surface area contributed by atoms with E-state index >= 15 is 0 Å². The van der Waals surface area contributed by atoms with E-state index in [4.69, 9.17) is 9.05 Å². The zero-order chi connectivity index (χ0) is 44.3. The van der Waals surface area contributed by atoms with E-state index in [9.17, 15) is 19.4 Å². The Morgan fingerprint density at radius 3 is 1.23 bits per heavy atom. The molecule has 0 saturated carbocycles. The third-order valence-corrected chi connectivity index (χ3v) is 13.0. The van der Waals surface area contributed by atoms with Crippen LogP contribution in [0.4, 0.5) is 0 Å². The standard InChI is InChI=1S/C51H103N2O6P/c1-6-8-10-12-14-16-18-20-22-23-24-25-26-27-28-29-30-31-32-34-36-38-40-42-44-50(54)49(48-59-60(56,57)58-47-46-53(3,4)5)52-51(55)45-43-41-39-37-35-33-21-19-17-15-13-11-9-7-2/h42,44,49-50,54H,6-41,43,45-48H2,1-5H3,(H-,52,55,56,57)/p+1/b44-42+. The van der Waals surface area contributed by atoms with Crippen molar-refractivity contribution in [2.45, 2.75) is 270 Å². The highest BCUT2D eigenvalue weighted by atomic mass is 31.2. The maximum Gasteiger partial charge on any atom is 0.472 e. The van der Waals surface area contributed by atoms with Crippen LogP contribution in [0.2, 0.25) is 0 Å². The van der Waals surface area contributed by atoms with Crippen molar-refractivity contribution in [2.75, 3.05) is 40.9 Å². The van der Waals surface area contributed by atoms with Crippen molar-refractivity contribution in [1.29, 1.82) is 0 Å². The Hall–Kier alpha value is -0.760. The van der Waals surface area contributed by atoms with Crippen molar-refractivity contribution >= 4 is 13.7 Å². The molecule has 60 heavy (non-hydrogen) atoms. The predicted molar refractivity (Wildman–Crippen MR) is 259 cm³/mol. The number of nitrogens with one attached hydrogen (secondary N) is 1. The second kappa shape index (κ2) is 43.5. The van der Waals surface area contributed by atoms with Crippen LogP contribution in [0.3, 0.4) is 0 Å². The first-order valence-electron chi connectivity index (χ1n) is 26.1. The highest BCUT2D eigenvalue weighted by Gasteiger charge is 2.27. The van der Waals surface area contributed by atoms with E-state index in [1.165, 1.54) is 205 Å². The van der Waals surface area contributed by atoms with Crippen molar-refractivity contribution in [1.82, 2.24) is 5.32 Å². The van der Waals surface area contributed by atoms with Gasteiger partial charge in [-0.2, -0.15) is 0 Å². The number of phosphoric acid groups is 1. The van der Waals surface area contributed by atoms with Gasteiger partial charge in [0.1, 0.15) is 13.2 Å². The summed E-state index contributed by atoms with van der Waals surface area (Å²) in [6.07, 6.45) is 51.5. The third kappa shape index (κ3) is 45.3. The number of nitrogens with zero attached hydrogens (tertiary/aromatic N) is 1. The maximum atomic E-state index is 12.9. The Balaban J connectivity index is 4.22. The molecule has 3 unspecified atom stereocenters. The molecule has 1 amide bonds. The molecule has 0 aromatic carbocycles. The van der Waals surface area contributed by atoms with Crippen LogP contribution in [-0.2, 0) is 18.4 Å². The lowest BCUT2D eigenvalue weighted by Gasteiger charge is -2.25. The molecular formula is C51H104N2O6P+. The van der Waals surface area contributed by atoms with E-state index in [1.807, 2.05) is 27.2 Å². The summed E-state index contributed by atoms with van der Waals surface area (Å²) in [4.78, 5) is 23.2. The van der Waals surface area contributed by atoms with Crippen molar-refractivity contribution in [2.24, 2.45) is 0 Å². The van der Waals surface area contributed by atoms with Gasteiger partial charge in [-0.1, -0.05) is 244 Å². The van der Waals surface area contributed by atoms with Crippen LogP contribution in [0.25, 0.3) is 0 Å². The summed E-state index contributed by atoms with van der Waals surface area (Å²) < 4.78 is 23.6. The van der Waals surface area contributed by atoms with Gasteiger partial charge in [-0.05, 0) is 19.3 Å². The van der Waals surface area contributed by atoms with Crippen LogP contribution < -0.4 is 5.32 Å². The molecule has 0 aliphatic heterocycles. The number of hydrogen-bond acceptors (Lipinski definition) is 5. The van der Waals surface area contributed by atoms with Gasteiger partial charge in [-0.3, -0.25) is 13.8 Å². The highest BCUT2D eigenvalue weighted by molar-refractivity contribution is 7.47. The fraction of sp³-hybridized carbons (Fsp3) is 0.941.